The molecule has 3 fully saturated rings. The molecular weight excluding hydrogens is 218 g/mol. The van der Waals surface area contributed by atoms with Crippen LogP contribution in [0.2, 0.25) is 0 Å². The van der Waals surface area contributed by atoms with Crippen molar-refractivity contribution in [3.05, 3.63) is 0 Å². The monoisotopic (exact) mass is 239 g/mol. The topological polar surface area (TPSA) is 42.1 Å². The fraction of sp³-hybridized carbons (Fsp3) is 0.923. The lowest BCUT2D eigenvalue weighted by atomic mass is 9.93. The quantitative estimate of drug-likeness (QED) is 0.609. The number of amides is 1. The van der Waals surface area contributed by atoms with E-state index in [1.54, 1.807) is 0 Å². The number of rotatable bonds is 0. The lowest BCUT2D eigenvalue weighted by Gasteiger charge is -2.36. The molecule has 2 heterocycles. The number of ether oxygens (including phenoxy) is 2. The first kappa shape index (κ1) is 11.3. The highest BCUT2D eigenvalue weighted by Gasteiger charge is 2.65. The third-order valence-electron chi connectivity index (χ3n) is 4.12. The van der Waals surface area contributed by atoms with Crippen LogP contribution < -0.4 is 0 Å². The van der Waals surface area contributed by atoms with Crippen LogP contribution in [0.4, 0.5) is 4.79 Å². The predicted octanol–water partition coefficient (Wildman–Crippen LogP) is 2.32. The van der Waals surface area contributed by atoms with Crippen molar-refractivity contribution < 1.29 is 14.3 Å². The van der Waals surface area contributed by atoms with Crippen molar-refractivity contribution in [2.24, 2.45) is 0 Å². The lowest BCUT2D eigenvalue weighted by Crippen LogP contribution is -2.51. The van der Waals surface area contributed by atoms with Crippen molar-refractivity contribution >= 4 is 6.09 Å². The van der Waals surface area contributed by atoms with Gasteiger partial charge in [0.25, 0.3) is 0 Å². The molecule has 3 rings (SSSR count). The number of hydrogen-bond acceptors (Lipinski definition) is 3. The van der Waals surface area contributed by atoms with Crippen LogP contribution in [0.3, 0.4) is 0 Å². The standard InChI is InChI=1S/C13H21NO3/c1-12(2,3)17-11(15)14-8-4-6-13(14)7-5-9-10(13)16-9/h9-10H,4-8H2,1-3H3/t9-,10-,13-/m0/s1. The Balaban J connectivity index is 1.76. The van der Waals surface area contributed by atoms with E-state index in [9.17, 15) is 4.79 Å². The number of hydrogen-bond donors (Lipinski definition) is 0. The van der Waals surface area contributed by atoms with Gasteiger partial charge in [-0.25, -0.2) is 4.79 Å². The summed E-state index contributed by atoms with van der Waals surface area (Å²) >= 11 is 0. The van der Waals surface area contributed by atoms with Gasteiger partial charge in [-0.3, -0.25) is 4.90 Å². The zero-order valence-corrected chi connectivity index (χ0v) is 10.9. The summed E-state index contributed by atoms with van der Waals surface area (Å²) in [4.78, 5) is 14.2. The minimum atomic E-state index is -0.413. The minimum Gasteiger partial charge on any atom is -0.444 e. The van der Waals surface area contributed by atoms with Gasteiger partial charge in [-0.15, -0.1) is 0 Å². The molecule has 3 aliphatic rings. The summed E-state index contributed by atoms with van der Waals surface area (Å²) < 4.78 is 11.2. The van der Waals surface area contributed by atoms with Gasteiger partial charge in [-0.05, 0) is 46.5 Å². The van der Waals surface area contributed by atoms with Gasteiger partial charge in [-0.2, -0.15) is 0 Å². The van der Waals surface area contributed by atoms with E-state index in [0.29, 0.717) is 6.10 Å². The van der Waals surface area contributed by atoms with Crippen LogP contribution in [0.1, 0.15) is 46.5 Å². The third-order valence-corrected chi connectivity index (χ3v) is 4.12. The van der Waals surface area contributed by atoms with Crippen molar-refractivity contribution in [3.63, 3.8) is 0 Å². The van der Waals surface area contributed by atoms with E-state index in [2.05, 4.69) is 0 Å². The number of carbonyl (C=O) groups excluding carboxylic acids is 1. The number of fused-ring (bicyclic) bond motifs is 2. The summed E-state index contributed by atoms with van der Waals surface area (Å²) in [5.74, 6) is 0. The Morgan fingerprint density at radius 3 is 2.71 bits per heavy atom. The van der Waals surface area contributed by atoms with Crippen molar-refractivity contribution in [1.29, 1.82) is 0 Å². The van der Waals surface area contributed by atoms with E-state index in [1.807, 2.05) is 25.7 Å². The van der Waals surface area contributed by atoms with E-state index >= 15 is 0 Å². The molecule has 1 spiro atoms. The van der Waals surface area contributed by atoms with E-state index in [1.165, 1.54) is 0 Å². The fourth-order valence-electron chi connectivity index (χ4n) is 3.42. The first-order valence-corrected chi connectivity index (χ1v) is 6.58. The van der Waals surface area contributed by atoms with Crippen molar-refractivity contribution in [2.45, 2.75) is 69.8 Å². The maximum absolute atomic E-state index is 12.2. The molecule has 1 aliphatic carbocycles. The molecule has 4 heteroatoms. The van der Waals surface area contributed by atoms with Gasteiger partial charge in [0.2, 0.25) is 0 Å². The molecule has 2 saturated heterocycles. The van der Waals surface area contributed by atoms with Crippen molar-refractivity contribution in [1.82, 2.24) is 4.90 Å². The minimum absolute atomic E-state index is 0.0347. The van der Waals surface area contributed by atoms with E-state index in [-0.39, 0.29) is 17.7 Å². The first-order valence-electron chi connectivity index (χ1n) is 6.58. The number of nitrogens with zero attached hydrogens (tertiary/aromatic N) is 1. The normalized spacial score (nSPS) is 39.6. The molecule has 17 heavy (non-hydrogen) atoms. The summed E-state index contributed by atoms with van der Waals surface area (Å²) in [7, 11) is 0. The first-order chi connectivity index (χ1) is 7.92. The van der Waals surface area contributed by atoms with Gasteiger partial charge in [0, 0.05) is 6.54 Å². The van der Waals surface area contributed by atoms with E-state index in [4.69, 9.17) is 9.47 Å². The third kappa shape index (κ3) is 1.73. The molecular formula is C13H21NO3. The highest BCUT2D eigenvalue weighted by Crippen LogP contribution is 2.53. The van der Waals surface area contributed by atoms with Crippen LogP contribution in [-0.2, 0) is 9.47 Å². The molecule has 0 aromatic rings. The molecule has 1 saturated carbocycles. The van der Waals surface area contributed by atoms with Crippen molar-refractivity contribution in [2.75, 3.05) is 6.54 Å². The summed E-state index contributed by atoms with van der Waals surface area (Å²) in [6, 6.07) is 0. The highest BCUT2D eigenvalue weighted by atomic mass is 16.6. The predicted molar refractivity (Wildman–Crippen MR) is 62.8 cm³/mol. The second-order valence-electron chi connectivity index (χ2n) is 6.47. The Labute approximate surface area is 102 Å². The Morgan fingerprint density at radius 1 is 1.41 bits per heavy atom. The summed E-state index contributed by atoms with van der Waals surface area (Å²) in [5, 5.41) is 0. The van der Waals surface area contributed by atoms with Gasteiger partial charge in [0.15, 0.2) is 0 Å². The second-order valence-corrected chi connectivity index (χ2v) is 6.47. The molecule has 3 atom stereocenters. The molecule has 0 unspecified atom stereocenters. The fourth-order valence-corrected chi connectivity index (χ4v) is 3.42. The Bertz CT molecular complexity index is 345. The van der Waals surface area contributed by atoms with Gasteiger partial charge in [-0.1, -0.05) is 0 Å². The van der Waals surface area contributed by atoms with Crippen LogP contribution in [0.15, 0.2) is 0 Å². The van der Waals surface area contributed by atoms with Crippen LogP contribution in [-0.4, -0.2) is 40.9 Å². The van der Waals surface area contributed by atoms with Gasteiger partial charge in [0.1, 0.15) is 11.7 Å². The smallest absolute Gasteiger partial charge is 0.410 e. The lowest BCUT2D eigenvalue weighted by molar-refractivity contribution is 0.000325. The van der Waals surface area contributed by atoms with Gasteiger partial charge < -0.3 is 9.47 Å². The molecule has 1 amide bonds. The molecule has 0 bridgehead atoms. The Kier molecular flexibility index (Phi) is 2.25. The number of epoxide rings is 1. The average Bonchev–Trinajstić information content (AvgIpc) is 2.75. The maximum Gasteiger partial charge on any atom is 0.410 e. The highest BCUT2D eigenvalue weighted by molar-refractivity contribution is 5.70. The van der Waals surface area contributed by atoms with Gasteiger partial charge in [0.05, 0.1) is 11.6 Å². The van der Waals surface area contributed by atoms with E-state index in [0.717, 1.165) is 32.2 Å². The summed E-state index contributed by atoms with van der Waals surface area (Å²) in [5.41, 5.74) is -0.448. The molecule has 0 aromatic heterocycles. The van der Waals surface area contributed by atoms with Crippen molar-refractivity contribution in [3.8, 4) is 0 Å². The SMILES string of the molecule is CC(C)(C)OC(=O)N1CCC[C@@]12CC[C@@H]1O[C@@H]12. The van der Waals surface area contributed by atoms with Crippen LogP contribution >= 0.6 is 0 Å². The maximum atomic E-state index is 12.2. The number of carbonyl (C=O) groups is 1. The summed E-state index contributed by atoms with van der Waals surface area (Å²) in [6.07, 6.45) is 4.88. The van der Waals surface area contributed by atoms with Crippen LogP contribution in [0.5, 0.6) is 0 Å². The molecule has 0 radical (unpaired) electrons. The number of likely N-dealkylation sites (tertiary alicyclic amines) is 1. The molecule has 4 nitrogen and oxygen atoms in total. The molecule has 0 N–H and O–H groups in total. The molecule has 2 aliphatic heterocycles. The van der Waals surface area contributed by atoms with Crippen LogP contribution in [0, 0.1) is 0 Å². The zero-order valence-electron chi connectivity index (χ0n) is 10.9. The van der Waals surface area contributed by atoms with E-state index < -0.39 is 5.60 Å². The second kappa shape index (κ2) is 3.37. The van der Waals surface area contributed by atoms with Crippen LogP contribution in [0.25, 0.3) is 0 Å². The average molecular weight is 239 g/mol. The Morgan fingerprint density at radius 2 is 2.18 bits per heavy atom. The largest absolute Gasteiger partial charge is 0.444 e. The Hall–Kier alpha value is -0.770. The summed E-state index contributed by atoms with van der Waals surface area (Å²) in [6.45, 7) is 6.57. The van der Waals surface area contributed by atoms with Gasteiger partial charge >= 0.3 is 6.09 Å². The zero-order chi connectivity index (χ0) is 12.3. The molecule has 0 aromatic carbocycles. The molecule has 96 valence electrons.